The maximum atomic E-state index is 12.5. The van der Waals surface area contributed by atoms with Gasteiger partial charge in [-0.3, -0.25) is 9.59 Å². The molecule has 0 aliphatic carbocycles. The molecule has 0 aromatic carbocycles. The van der Waals surface area contributed by atoms with E-state index in [-0.39, 0.29) is 18.5 Å². The molecule has 1 amide bonds. The van der Waals surface area contributed by atoms with E-state index in [0.717, 1.165) is 70.6 Å². The predicted octanol–water partition coefficient (Wildman–Crippen LogP) is 19.0. The molecule has 6 nitrogen and oxygen atoms in total. The molecule has 0 aliphatic heterocycles. The Balaban J connectivity index is 3.46. The Bertz CT molecular complexity index is 1060. The summed E-state index contributed by atoms with van der Waals surface area (Å²) in [5.74, 6) is -0.0676. The highest BCUT2D eigenvalue weighted by Crippen LogP contribution is 2.18. The predicted molar refractivity (Wildman–Crippen MR) is 296 cm³/mol. The van der Waals surface area contributed by atoms with Gasteiger partial charge in [0.15, 0.2) is 0 Å². The molecule has 0 radical (unpaired) electrons. The molecule has 0 fully saturated rings. The van der Waals surface area contributed by atoms with Crippen LogP contribution in [0.2, 0.25) is 0 Å². The van der Waals surface area contributed by atoms with E-state index in [1.54, 1.807) is 0 Å². The average Bonchev–Trinajstić information content (AvgIpc) is 3.34. The van der Waals surface area contributed by atoms with Crippen molar-refractivity contribution in [2.24, 2.45) is 0 Å². The van der Waals surface area contributed by atoms with Crippen molar-refractivity contribution in [2.45, 2.75) is 347 Å². The van der Waals surface area contributed by atoms with E-state index < -0.39 is 12.1 Å². The molecule has 3 N–H and O–H groups in total. The molecule has 0 bridgehead atoms. The van der Waals surface area contributed by atoms with Crippen molar-refractivity contribution in [2.75, 3.05) is 13.2 Å². The number of rotatable bonds is 57. The Morgan fingerprint density at radius 2 is 0.706 bits per heavy atom. The first-order valence-electron chi connectivity index (χ1n) is 30.6. The third-order valence-electron chi connectivity index (χ3n) is 14.2. The van der Waals surface area contributed by atoms with Gasteiger partial charge >= 0.3 is 5.97 Å². The summed E-state index contributed by atoms with van der Waals surface area (Å²) >= 11 is 0. The first-order chi connectivity index (χ1) is 33.5. The lowest BCUT2D eigenvalue weighted by molar-refractivity contribution is -0.143. The van der Waals surface area contributed by atoms with Gasteiger partial charge < -0.3 is 20.3 Å². The second kappa shape index (κ2) is 57.9. The fourth-order valence-corrected chi connectivity index (χ4v) is 9.50. The van der Waals surface area contributed by atoms with Crippen molar-refractivity contribution in [3.63, 3.8) is 0 Å². The maximum absolute atomic E-state index is 12.5. The number of hydrogen-bond acceptors (Lipinski definition) is 5. The van der Waals surface area contributed by atoms with Crippen molar-refractivity contribution < 1.29 is 24.5 Å². The standard InChI is InChI=1S/C62H119NO5/c1-3-5-7-9-11-13-15-16-17-18-19-20-21-22-23-24-25-26-28-31-35-38-42-46-50-54-60(65)59(58-64)63-61(66)55-51-47-43-39-36-32-29-27-30-33-37-41-45-49-53-57-68-62(67)56-52-48-44-40-34-14-12-10-8-6-4-2/h10,12,30,33,59-60,64-65H,3-9,11,13-29,31-32,34-58H2,1-2H3,(H,63,66)/b12-10-,33-30-. The fourth-order valence-electron chi connectivity index (χ4n) is 9.50. The second-order valence-corrected chi connectivity index (χ2v) is 21.0. The molecule has 6 heteroatoms. The molecule has 68 heavy (non-hydrogen) atoms. The van der Waals surface area contributed by atoms with Crippen molar-refractivity contribution in [3.05, 3.63) is 24.3 Å². The lowest BCUT2D eigenvalue weighted by Crippen LogP contribution is -2.45. The van der Waals surface area contributed by atoms with E-state index >= 15 is 0 Å². The van der Waals surface area contributed by atoms with Crippen LogP contribution < -0.4 is 5.32 Å². The minimum atomic E-state index is -0.676. The summed E-state index contributed by atoms with van der Waals surface area (Å²) in [4.78, 5) is 24.5. The molecule has 0 aliphatic rings. The highest BCUT2D eigenvalue weighted by atomic mass is 16.5. The number of ether oxygens (including phenoxy) is 1. The van der Waals surface area contributed by atoms with Crippen molar-refractivity contribution in [3.8, 4) is 0 Å². The first-order valence-corrected chi connectivity index (χ1v) is 30.6. The molecule has 402 valence electrons. The zero-order valence-electron chi connectivity index (χ0n) is 45.9. The second-order valence-electron chi connectivity index (χ2n) is 21.0. The number of unbranched alkanes of at least 4 members (excludes halogenated alkanes) is 42. The van der Waals surface area contributed by atoms with Crippen LogP contribution in [0.3, 0.4) is 0 Å². The van der Waals surface area contributed by atoms with Crippen LogP contribution in [-0.2, 0) is 14.3 Å². The van der Waals surface area contributed by atoms with Crippen molar-refractivity contribution >= 4 is 11.9 Å². The number of esters is 1. The van der Waals surface area contributed by atoms with Gasteiger partial charge in [0, 0.05) is 12.8 Å². The highest BCUT2D eigenvalue weighted by Gasteiger charge is 2.20. The summed E-state index contributed by atoms with van der Waals surface area (Å²) in [6, 6.07) is -0.554. The molecule has 0 saturated heterocycles. The van der Waals surface area contributed by atoms with E-state index in [1.165, 1.54) is 231 Å². The smallest absolute Gasteiger partial charge is 0.305 e. The summed E-state index contributed by atoms with van der Waals surface area (Å²) in [6.45, 7) is 4.90. The van der Waals surface area contributed by atoms with Crippen LogP contribution >= 0.6 is 0 Å². The van der Waals surface area contributed by atoms with Gasteiger partial charge in [-0.25, -0.2) is 0 Å². The van der Waals surface area contributed by atoms with E-state index in [2.05, 4.69) is 43.5 Å². The summed E-state index contributed by atoms with van der Waals surface area (Å²) in [5, 5.41) is 23.4. The lowest BCUT2D eigenvalue weighted by Gasteiger charge is -2.22. The molecule has 0 aromatic rings. The van der Waals surface area contributed by atoms with Gasteiger partial charge in [0.05, 0.1) is 25.4 Å². The molecule has 0 heterocycles. The van der Waals surface area contributed by atoms with Crippen LogP contribution in [0.5, 0.6) is 0 Å². The number of aliphatic hydroxyl groups excluding tert-OH is 2. The monoisotopic (exact) mass is 958 g/mol. The van der Waals surface area contributed by atoms with Gasteiger partial charge in [-0.05, 0) is 70.6 Å². The van der Waals surface area contributed by atoms with Gasteiger partial charge in [0.1, 0.15) is 0 Å². The third kappa shape index (κ3) is 53.7. The Labute approximate surface area is 424 Å². The number of carbonyl (C=O) groups excluding carboxylic acids is 2. The molecule has 2 unspecified atom stereocenters. The van der Waals surface area contributed by atoms with Crippen molar-refractivity contribution in [1.29, 1.82) is 0 Å². The number of nitrogens with one attached hydrogen (secondary N) is 1. The van der Waals surface area contributed by atoms with Gasteiger partial charge in [-0.15, -0.1) is 0 Å². The van der Waals surface area contributed by atoms with E-state index in [9.17, 15) is 19.8 Å². The number of hydrogen-bond donors (Lipinski definition) is 3. The quantitative estimate of drug-likeness (QED) is 0.0321. The minimum Gasteiger partial charge on any atom is -0.466 e. The summed E-state index contributed by atoms with van der Waals surface area (Å²) in [6.07, 6.45) is 70.4. The van der Waals surface area contributed by atoms with Gasteiger partial charge in [0.25, 0.3) is 0 Å². The van der Waals surface area contributed by atoms with Crippen LogP contribution in [0.4, 0.5) is 0 Å². The Kier molecular flexibility index (Phi) is 56.5. The zero-order chi connectivity index (χ0) is 49.3. The third-order valence-corrected chi connectivity index (χ3v) is 14.2. The number of amides is 1. The summed E-state index contributed by atoms with van der Waals surface area (Å²) in [7, 11) is 0. The summed E-state index contributed by atoms with van der Waals surface area (Å²) in [5.41, 5.74) is 0. The normalized spacial score (nSPS) is 12.7. The average molecular weight is 959 g/mol. The zero-order valence-corrected chi connectivity index (χ0v) is 45.9. The topological polar surface area (TPSA) is 95.9 Å². The molecular formula is C62H119NO5. The van der Waals surface area contributed by atoms with Crippen LogP contribution in [0.1, 0.15) is 335 Å². The first kappa shape index (κ1) is 66.3. The SMILES string of the molecule is CCCC/C=C\CCCCCCCC(=O)OCCCCCC/C=C\CCCCCCCCCC(=O)NC(CO)C(O)CCCCCCCCCCCCCCCCCCCCCCCCCCC. The number of aliphatic hydroxyl groups is 2. The van der Waals surface area contributed by atoms with Gasteiger partial charge in [-0.1, -0.05) is 276 Å². The minimum absolute atomic E-state index is 0.0204. The van der Waals surface area contributed by atoms with E-state index in [0.29, 0.717) is 25.9 Å². The molecule has 2 atom stereocenters. The Hall–Kier alpha value is -1.66. The van der Waals surface area contributed by atoms with E-state index in [1.807, 2.05) is 0 Å². The van der Waals surface area contributed by atoms with E-state index in [4.69, 9.17) is 4.74 Å². The van der Waals surface area contributed by atoms with Crippen LogP contribution in [0.15, 0.2) is 24.3 Å². The maximum Gasteiger partial charge on any atom is 0.305 e. The fraction of sp³-hybridized carbons (Fsp3) is 0.903. The molecule has 0 saturated carbocycles. The lowest BCUT2D eigenvalue weighted by atomic mass is 10.0. The van der Waals surface area contributed by atoms with Crippen LogP contribution in [-0.4, -0.2) is 47.4 Å². The molecular weight excluding hydrogens is 839 g/mol. The molecule has 0 aromatic heterocycles. The number of allylic oxidation sites excluding steroid dienone is 4. The highest BCUT2D eigenvalue weighted by molar-refractivity contribution is 5.76. The van der Waals surface area contributed by atoms with Crippen LogP contribution in [0.25, 0.3) is 0 Å². The Morgan fingerprint density at radius 1 is 0.397 bits per heavy atom. The number of carbonyl (C=O) groups is 2. The van der Waals surface area contributed by atoms with Crippen LogP contribution in [0, 0.1) is 0 Å². The van der Waals surface area contributed by atoms with Gasteiger partial charge in [-0.2, -0.15) is 0 Å². The Morgan fingerprint density at radius 3 is 1.09 bits per heavy atom. The largest absolute Gasteiger partial charge is 0.466 e. The van der Waals surface area contributed by atoms with Gasteiger partial charge in [0.2, 0.25) is 5.91 Å². The van der Waals surface area contributed by atoms with Crippen molar-refractivity contribution in [1.82, 2.24) is 5.32 Å². The molecule has 0 spiro atoms. The summed E-state index contributed by atoms with van der Waals surface area (Å²) < 4.78 is 5.44. The molecule has 0 rings (SSSR count).